The molecule has 0 aliphatic carbocycles. The maximum absolute atomic E-state index is 10.4. The number of carboxylic acids is 2. The highest BCUT2D eigenvalue weighted by Crippen LogP contribution is 2.10. The number of aliphatic hydroxyl groups excluding tert-OH is 1. The zero-order chi connectivity index (χ0) is 9.56. The van der Waals surface area contributed by atoms with Gasteiger partial charge in [0, 0.05) is 6.61 Å². The second kappa shape index (κ2) is 5.54. The topological polar surface area (TPSA) is 94.8 Å². The molecule has 0 rings (SSSR count). The van der Waals surface area contributed by atoms with E-state index in [-0.39, 0.29) is 19.4 Å². The molecule has 0 aromatic rings. The molecule has 0 saturated heterocycles. The molecule has 0 heterocycles. The van der Waals surface area contributed by atoms with Crippen LogP contribution in [0.2, 0.25) is 0 Å². The van der Waals surface area contributed by atoms with Crippen molar-refractivity contribution >= 4 is 11.9 Å². The fourth-order valence-electron chi connectivity index (χ4n) is 0.861. The van der Waals surface area contributed by atoms with Crippen molar-refractivity contribution in [1.82, 2.24) is 0 Å². The highest BCUT2D eigenvalue weighted by Gasteiger charge is 2.19. The van der Waals surface area contributed by atoms with Crippen molar-refractivity contribution in [3.63, 3.8) is 0 Å². The molecule has 12 heavy (non-hydrogen) atoms. The minimum atomic E-state index is -1.12. The third kappa shape index (κ3) is 4.68. The SMILES string of the molecule is O=C(O)CC(CCCO)C(=O)O. The second-order valence-corrected chi connectivity index (χ2v) is 2.50. The third-order valence-corrected chi connectivity index (χ3v) is 1.48. The maximum atomic E-state index is 10.4. The maximum Gasteiger partial charge on any atom is 0.307 e. The second-order valence-electron chi connectivity index (χ2n) is 2.50. The van der Waals surface area contributed by atoms with Crippen molar-refractivity contribution in [2.24, 2.45) is 5.92 Å². The molecule has 0 saturated carbocycles. The van der Waals surface area contributed by atoms with Gasteiger partial charge in [0.1, 0.15) is 0 Å². The van der Waals surface area contributed by atoms with E-state index < -0.39 is 17.9 Å². The predicted octanol–water partition coefficient (Wildman–Crippen LogP) is -0.0656. The van der Waals surface area contributed by atoms with Gasteiger partial charge in [0.05, 0.1) is 12.3 Å². The Morgan fingerprint density at radius 3 is 2.17 bits per heavy atom. The molecule has 1 unspecified atom stereocenters. The summed E-state index contributed by atoms with van der Waals surface area (Å²) in [5.41, 5.74) is 0. The Kier molecular flexibility index (Phi) is 5.03. The van der Waals surface area contributed by atoms with Crippen molar-refractivity contribution in [2.75, 3.05) is 6.61 Å². The van der Waals surface area contributed by atoms with Crippen molar-refractivity contribution in [1.29, 1.82) is 0 Å². The highest BCUT2D eigenvalue weighted by atomic mass is 16.4. The molecule has 0 spiro atoms. The monoisotopic (exact) mass is 176 g/mol. The third-order valence-electron chi connectivity index (χ3n) is 1.48. The van der Waals surface area contributed by atoms with E-state index in [1.807, 2.05) is 0 Å². The van der Waals surface area contributed by atoms with Crippen molar-refractivity contribution in [2.45, 2.75) is 19.3 Å². The Balaban J connectivity index is 3.87. The minimum Gasteiger partial charge on any atom is -0.481 e. The summed E-state index contributed by atoms with van der Waals surface area (Å²) in [6.07, 6.45) is 0.151. The van der Waals surface area contributed by atoms with Gasteiger partial charge in [0.2, 0.25) is 0 Å². The van der Waals surface area contributed by atoms with Gasteiger partial charge < -0.3 is 15.3 Å². The largest absolute Gasteiger partial charge is 0.481 e. The number of carboxylic acid groups (broad SMARTS) is 2. The van der Waals surface area contributed by atoms with E-state index in [4.69, 9.17) is 15.3 Å². The van der Waals surface area contributed by atoms with Crippen molar-refractivity contribution in [3.05, 3.63) is 0 Å². The van der Waals surface area contributed by atoms with Crippen LogP contribution < -0.4 is 0 Å². The summed E-state index contributed by atoms with van der Waals surface area (Å²) in [6.45, 7) is -0.108. The number of hydrogen-bond donors (Lipinski definition) is 3. The first-order chi connectivity index (χ1) is 5.57. The number of carbonyl (C=O) groups is 2. The lowest BCUT2D eigenvalue weighted by Crippen LogP contribution is -2.18. The smallest absolute Gasteiger partial charge is 0.307 e. The van der Waals surface area contributed by atoms with Gasteiger partial charge in [-0.3, -0.25) is 9.59 Å². The Morgan fingerprint density at radius 2 is 1.83 bits per heavy atom. The highest BCUT2D eigenvalue weighted by molar-refractivity contribution is 5.77. The van der Waals surface area contributed by atoms with E-state index in [1.54, 1.807) is 0 Å². The van der Waals surface area contributed by atoms with Crippen LogP contribution >= 0.6 is 0 Å². The lowest BCUT2D eigenvalue weighted by atomic mass is 10.0. The van der Waals surface area contributed by atoms with Gasteiger partial charge in [-0.2, -0.15) is 0 Å². The lowest BCUT2D eigenvalue weighted by Gasteiger charge is -2.07. The van der Waals surface area contributed by atoms with Crippen LogP contribution in [0.3, 0.4) is 0 Å². The van der Waals surface area contributed by atoms with Crippen LogP contribution in [-0.2, 0) is 9.59 Å². The molecule has 5 heteroatoms. The standard InChI is InChI=1S/C7H12O5/c8-3-1-2-5(7(11)12)4-6(9)10/h5,8H,1-4H2,(H,9,10)(H,11,12). The molecule has 0 bridgehead atoms. The van der Waals surface area contributed by atoms with Gasteiger partial charge in [-0.1, -0.05) is 0 Å². The van der Waals surface area contributed by atoms with Crippen LogP contribution in [0.1, 0.15) is 19.3 Å². The zero-order valence-electron chi connectivity index (χ0n) is 6.56. The summed E-state index contributed by atoms with van der Waals surface area (Å²) in [5, 5.41) is 25.2. The van der Waals surface area contributed by atoms with Gasteiger partial charge in [-0.15, -0.1) is 0 Å². The molecule has 0 amide bonds. The molecule has 70 valence electrons. The van der Waals surface area contributed by atoms with Crippen LogP contribution in [0.5, 0.6) is 0 Å². The summed E-state index contributed by atoms with van der Waals surface area (Å²) in [7, 11) is 0. The molecular weight excluding hydrogens is 164 g/mol. The Hall–Kier alpha value is -1.10. The molecule has 0 fully saturated rings. The van der Waals surface area contributed by atoms with Crippen LogP contribution in [0, 0.1) is 5.92 Å². The van der Waals surface area contributed by atoms with E-state index in [0.29, 0.717) is 6.42 Å². The number of aliphatic hydroxyl groups is 1. The lowest BCUT2D eigenvalue weighted by molar-refractivity contribution is -0.148. The predicted molar refractivity (Wildman–Crippen MR) is 39.7 cm³/mol. The van der Waals surface area contributed by atoms with E-state index in [0.717, 1.165) is 0 Å². The van der Waals surface area contributed by atoms with Gasteiger partial charge in [-0.25, -0.2) is 0 Å². The molecule has 1 atom stereocenters. The van der Waals surface area contributed by atoms with Gasteiger partial charge in [-0.05, 0) is 12.8 Å². The van der Waals surface area contributed by atoms with Crippen LogP contribution in [0.4, 0.5) is 0 Å². The van der Waals surface area contributed by atoms with Crippen LogP contribution in [-0.4, -0.2) is 33.9 Å². The molecular formula is C7H12O5. The van der Waals surface area contributed by atoms with E-state index in [2.05, 4.69) is 0 Å². The molecule has 5 nitrogen and oxygen atoms in total. The van der Waals surface area contributed by atoms with Gasteiger partial charge in [0.15, 0.2) is 0 Å². The number of hydrogen-bond acceptors (Lipinski definition) is 3. The molecule has 0 radical (unpaired) electrons. The quantitative estimate of drug-likeness (QED) is 0.526. The van der Waals surface area contributed by atoms with Crippen molar-refractivity contribution in [3.8, 4) is 0 Å². The molecule has 0 aromatic heterocycles. The fourth-order valence-corrected chi connectivity index (χ4v) is 0.861. The van der Waals surface area contributed by atoms with Crippen LogP contribution in [0.15, 0.2) is 0 Å². The Morgan fingerprint density at radius 1 is 1.25 bits per heavy atom. The molecule has 0 aliphatic heterocycles. The number of aliphatic carboxylic acids is 2. The van der Waals surface area contributed by atoms with E-state index in [9.17, 15) is 9.59 Å². The van der Waals surface area contributed by atoms with Gasteiger partial charge >= 0.3 is 11.9 Å². The zero-order valence-corrected chi connectivity index (χ0v) is 6.56. The summed E-state index contributed by atoms with van der Waals surface area (Å²) in [4.78, 5) is 20.5. The first-order valence-corrected chi connectivity index (χ1v) is 3.63. The normalized spacial score (nSPS) is 12.4. The summed E-state index contributed by atoms with van der Waals surface area (Å²) in [5.74, 6) is -3.12. The van der Waals surface area contributed by atoms with E-state index in [1.165, 1.54) is 0 Å². The Labute approximate surface area is 69.6 Å². The Bertz CT molecular complexity index is 165. The van der Waals surface area contributed by atoms with E-state index >= 15 is 0 Å². The van der Waals surface area contributed by atoms with Gasteiger partial charge in [0.25, 0.3) is 0 Å². The molecule has 3 N–H and O–H groups in total. The summed E-state index contributed by atoms with van der Waals surface area (Å²) < 4.78 is 0. The average Bonchev–Trinajstić information content (AvgIpc) is 1.96. The summed E-state index contributed by atoms with van der Waals surface area (Å²) >= 11 is 0. The van der Waals surface area contributed by atoms with Crippen LogP contribution in [0.25, 0.3) is 0 Å². The number of rotatable bonds is 6. The first kappa shape index (κ1) is 10.9. The summed E-state index contributed by atoms with van der Waals surface area (Å²) in [6, 6.07) is 0. The molecule has 0 aromatic carbocycles. The molecule has 0 aliphatic rings. The first-order valence-electron chi connectivity index (χ1n) is 3.63. The minimum absolute atomic E-state index is 0.108. The van der Waals surface area contributed by atoms with Crippen molar-refractivity contribution < 1.29 is 24.9 Å². The fraction of sp³-hybridized carbons (Fsp3) is 0.714. The average molecular weight is 176 g/mol.